The first-order chi connectivity index (χ1) is 7.15. The number of nitrogens with two attached hydrogens (primary N) is 1. The molecule has 1 heterocycles. The van der Waals surface area contributed by atoms with Gasteiger partial charge in [0.1, 0.15) is 11.1 Å². The third kappa shape index (κ3) is 1.47. The van der Waals surface area contributed by atoms with Crippen LogP contribution in [0, 0.1) is 11.3 Å². The predicted octanol–water partition coefficient (Wildman–Crippen LogP) is 1.71. The summed E-state index contributed by atoms with van der Waals surface area (Å²) in [6.45, 7) is 0. The first-order valence-corrected chi connectivity index (χ1v) is 5.50. The molecule has 1 atom stereocenters. The molecule has 0 spiro atoms. The third-order valence-electron chi connectivity index (χ3n) is 2.70. The van der Waals surface area contributed by atoms with Crippen LogP contribution in [0.2, 0.25) is 0 Å². The lowest BCUT2D eigenvalue weighted by atomic mass is 9.85. The minimum absolute atomic E-state index is 0.377. The van der Waals surface area contributed by atoms with E-state index in [0.717, 1.165) is 17.7 Å². The van der Waals surface area contributed by atoms with Crippen molar-refractivity contribution < 1.29 is 9.90 Å². The van der Waals surface area contributed by atoms with Gasteiger partial charge in [0, 0.05) is 10.4 Å². The van der Waals surface area contributed by atoms with Crippen molar-refractivity contribution in [1.82, 2.24) is 0 Å². The maximum absolute atomic E-state index is 11.0. The van der Waals surface area contributed by atoms with Gasteiger partial charge in [-0.3, -0.25) is 4.79 Å². The quantitative estimate of drug-likeness (QED) is 0.757. The zero-order valence-electron chi connectivity index (χ0n) is 7.99. The summed E-state index contributed by atoms with van der Waals surface area (Å²) < 4.78 is 0. The molecular formula is C10H10N2O2S. The Labute approximate surface area is 90.9 Å². The van der Waals surface area contributed by atoms with E-state index in [9.17, 15) is 4.79 Å². The number of fused-ring (bicyclic) bond motifs is 1. The van der Waals surface area contributed by atoms with Gasteiger partial charge in [-0.05, 0) is 19.3 Å². The summed E-state index contributed by atoms with van der Waals surface area (Å²) >= 11 is 1.35. The summed E-state index contributed by atoms with van der Waals surface area (Å²) in [5.74, 6) is -1.40. The fourth-order valence-corrected chi connectivity index (χ4v) is 3.16. The van der Waals surface area contributed by atoms with Crippen molar-refractivity contribution >= 4 is 22.3 Å². The fraction of sp³-hybridized carbons (Fsp3) is 0.400. The molecule has 0 amide bonds. The number of thiophene rings is 1. The van der Waals surface area contributed by atoms with Crippen molar-refractivity contribution in [3.8, 4) is 6.07 Å². The number of hydrogen-bond acceptors (Lipinski definition) is 4. The number of anilines is 1. The van der Waals surface area contributed by atoms with Crippen LogP contribution in [0.3, 0.4) is 0 Å². The van der Waals surface area contributed by atoms with Gasteiger partial charge in [-0.1, -0.05) is 0 Å². The molecule has 1 aromatic rings. The lowest BCUT2D eigenvalue weighted by Gasteiger charge is -2.18. The molecule has 0 saturated carbocycles. The van der Waals surface area contributed by atoms with Gasteiger partial charge in [-0.15, -0.1) is 11.3 Å². The second kappa shape index (κ2) is 3.55. The molecule has 1 unspecified atom stereocenters. The van der Waals surface area contributed by atoms with Crippen molar-refractivity contribution in [2.45, 2.75) is 25.2 Å². The number of nitrogens with zero attached hydrogens (tertiary/aromatic N) is 1. The standard InChI is InChI=1S/C10H10N2O2S/c11-4-6-8-5(10(13)14)2-1-3-7(8)15-9(6)12/h5H,1-3,12H2,(H,13,14). The Morgan fingerprint density at radius 3 is 3.00 bits per heavy atom. The molecule has 15 heavy (non-hydrogen) atoms. The zero-order valence-corrected chi connectivity index (χ0v) is 8.80. The van der Waals surface area contributed by atoms with E-state index in [1.807, 2.05) is 6.07 Å². The topological polar surface area (TPSA) is 87.1 Å². The highest BCUT2D eigenvalue weighted by Crippen LogP contribution is 2.41. The first-order valence-electron chi connectivity index (χ1n) is 4.69. The highest BCUT2D eigenvalue weighted by Gasteiger charge is 2.31. The molecule has 0 fully saturated rings. The van der Waals surface area contributed by atoms with Gasteiger partial charge in [0.15, 0.2) is 0 Å². The Morgan fingerprint density at radius 2 is 2.40 bits per heavy atom. The third-order valence-corrected chi connectivity index (χ3v) is 3.80. The summed E-state index contributed by atoms with van der Waals surface area (Å²) in [4.78, 5) is 12.0. The van der Waals surface area contributed by atoms with Crippen molar-refractivity contribution in [1.29, 1.82) is 5.26 Å². The zero-order chi connectivity index (χ0) is 11.0. The molecule has 1 aliphatic rings. The van der Waals surface area contributed by atoms with E-state index in [1.165, 1.54) is 11.3 Å². The van der Waals surface area contributed by atoms with E-state index in [4.69, 9.17) is 16.1 Å². The summed E-state index contributed by atoms with van der Waals surface area (Å²) in [5, 5.41) is 18.5. The van der Waals surface area contributed by atoms with Crippen LogP contribution < -0.4 is 5.73 Å². The highest BCUT2D eigenvalue weighted by molar-refractivity contribution is 7.16. The monoisotopic (exact) mass is 222 g/mol. The molecule has 2 rings (SSSR count). The van der Waals surface area contributed by atoms with Gasteiger partial charge < -0.3 is 10.8 Å². The van der Waals surface area contributed by atoms with Crippen LogP contribution >= 0.6 is 11.3 Å². The lowest BCUT2D eigenvalue weighted by Crippen LogP contribution is -2.17. The molecule has 78 valence electrons. The van der Waals surface area contributed by atoms with Gasteiger partial charge in [0.05, 0.1) is 11.5 Å². The number of nitriles is 1. The average molecular weight is 222 g/mol. The number of hydrogen-bond donors (Lipinski definition) is 2. The minimum Gasteiger partial charge on any atom is -0.481 e. The highest BCUT2D eigenvalue weighted by atomic mass is 32.1. The number of carboxylic acid groups (broad SMARTS) is 1. The second-order valence-corrected chi connectivity index (χ2v) is 4.71. The molecule has 0 radical (unpaired) electrons. The van der Waals surface area contributed by atoms with Crippen molar-refractivity contribution in [2.24, 2.45) is 0 Å². The molecular weight excluding hydrogens is 212 g/mol. The van der Waals surface area contributed by atoms with Crippen molar-refractivity contribution in [3.05, 3.63) is 16.0 Å². The Morgan fingerprint density at radius 1 is 1.67 bits per heavy atom. The molecule has 0 aromatic carbocycles. The van der Waals surface area contributed by atoms with Crippen LogP contribution in [0.1, 0.15) is 34.8 Å². The molecule has 1 aliphatic carbocycles. The summed E-state index contributed by atoms with van der Waals surface area (Å²) in [6, 6.07) is 2.01. The van der Waals surface area contributed by atoms with Crippen LogP contribution in [0.4, 0.5) is 5.00 Å². The number of aliphatic carboxylic acids is 1. The van der Waals surface area contributed by atoms with Crippen LogP contribution in [-0.4, -0.2) is 11.1 Å². The Kier molecular flexibility index (Phi) is 2.37. The van der Waals surface area contributed by atoms with Gasteiger partial charge in [0.2, 0.25) is 0 Å². The van der Waals surface area contributed by atoms with Gasteiger partial charge in [-0.2, -0.15) is 5.26 Å². The number of aryl methyl sites for hydroxylation is 1. The smallest absolute Gasteiger partial charge is 0.311 e. The van der Waals surface area contributed by atoms with E-state index in [1.54, 1.807) is 0 Å². The van der Waals surface area contributed by atoms with E-state index in [2.05, 4.69) is 0 Å². The van der Waals surface area contributed by atoms with Gasteiger partial charge in [0.25, 0.3) is 0 Å². The van der Waals surface area contributed by atoms with Gasteiger partial charge >= 0.3 is 5.97 Å². The maximum Gasteiger partial charge on any atom is 0.311 e. The fourth-order valence-electron chi connectivity index (χ4n) is 2.04. The van der Waals surface area contributed by atoms with Crippen molar-refractivity contribution in [2.75, 3.05) is 5.73 Å². The van der Waals surface area contributed by atoms with E-state index < -0.39 is 11.9 Å². The lowest BCUT2D eigenvalue weighted by molar-refractivity contribution is -0.139. The van der Waals surface area contributed by atoms with Gasteiger partial charge in [-0.25, -0.2) is 0 Å². The molecule has 0 aliphatic heterocycles. The van der Waals surface area contributed by atoms with Crippen LogP contribution in [0.5, 0.6) is 0 Å². The van der Waals surface area contributed by atoms with E-state index in [-0.39, 0.29) is 0 Å². The number of rotatable bonds is 1. The Bertz CT molecular complexity index is 459. The Hall–Kier alpha value is -1.54. The molecule has 3 N–H and O–H groups in total. The van der Waals surface area contributed by atoms with E-state index >= 15 is 0 Å². The number of nitrogen functional groups attached to an aromatic ring is 1. The molecule has 4 nitrogen and oxygen atoms in total. The second-order valence-electron chi connectivity index (χ2n) is 3.57. The number of carbonyl (C=O) groups is 1. The summed E-state index contributed by atoms with van der Waals surface area (Å²) in [6.07, 6.45) is 2.30. The molecule has 5 heteroatoms. The van der Waals surface area contributed by atoms with Crippen LogP contribution in [-0.2, 0) is 11.2 Å². The van der Waals surface area contributed by atoms with Crippen molar-refractivity contribution in [3.63, 3.8) is 0 Å². The molecule has 0 bridgehead atoms. The first kappa shape index (κ1) is 9.99. The van der Waals surface area contributed by atoms with Crippen LogP contribution in [0.15, 0.2) is 0 Å². The molecule has 0 saturated heterocycles. The average Bonchev–Trinajstić information content (AvgIpc) is 2.52. The number of carboxylic acids is 1. The Balaban J connectivity index is 2.59. The molecule has 1 aromatic heterocycles. The summed E-state index contributed by atoms with van der Waals surface area (Å²) in [5.41, 5.74) is 6.74. The predicted molar refractivity (Wildman–Crippen MR) is 56.8 cm³/mol. The van der Waals surface area contributed by atoms with E-state index in [0.29, 0.717) is 22.5 Å². The minimum atomic E-state index is -0.856. The largest absolute Gasteiger partial charge is 0.481 e. The summed E-state index contributed by atoms with van der Waals surface area (Å²) in [7, 11) is 0. The SMILES string of the molecule is N#Cc1c(N)sc2c1C(C(=O)O)CCC2. The van der Waals surface area contributed by atoms with Crippen LogP contribution in [0.25, 0.3) is 0 Å². The maximum atomic E-state index is 11.0. The normalized spacial score (nSPS) is 19.3.